The number of urea groups is 1. The number of nitrogens with one attached hydrogen (secondary N) is 1. The van der Waals surface area contributed by atoms with Gasteiger partial charge in [0, 0.05) is 43.9 Å². The van der Waals surface area contributed by atoms with Crippen LogP contribution in [-0.4, -0.2) is 61.2 Å². The second-order valence-corrected chi connectivity index (χ2v) is 11.1. The van der Waals surface area contributed by atoms with Crippen LogP contribution in [0.3, 0.4) is 0 Å². The van der Waals surface area contributed by atoms with Crippen LogP contribution in [-0.2, 0) is 22.6 Å². The SMILES string of the molecule is COc1ccc(C[C@]2(CN3C[C@H]4C[C@H](C3)c3cccc(=O)n3C4)C(=O)NC(=O)N(c3ccc(OC)cc3)C2=O)cc1. The zero-order chi connectivity index (χ0) is 28.7. The number of hydrogen-bond donors (Lipinski definition) is 1. The van der Waals surface area contributed by atoms with Gasteiger partial charge >= 0.3 is 6.03 Å². The number of piperidine rings is 1. The summed E-state index contributed by atoms with van der Waals surface area (Å²) in [4.78, 5) is 57.1. The van der Waals surface area contributed by atoms with Gasteiger partial charge in [-0.2, -0.15) is 0 Å². The third-order valence-corrected chi connectivity index (χ3v) is 8.52. The summed E-state index contributed by atoms with van der Waals surface area (Å²) in [5.74, 6) is 0.379. The fourth-order valence-electron chi connectivity index (χ4n) is 6.59. The number of imide groups is 2. The normalized spacial score (nSPS) is 24.0. The number of benzene rings is 2. The maximum atomic E-state index is 14.4. The Labute approximate surface area is 237 Å². The number of methoxy groups -OCH3 is 2. The molecule has 4 heterocycles. The number of aromatic nitrogens is 1. The zero-order valence-corrected chi connectivity index (χ0v) is 23.0. The van der Waals surface area contributed by atoms with Gasteiger partial charge in [-0.3, -0.25) is 19.7 Å². The van der Waals surface area contributed by atoms with Gasteiger partial charge in [0.1, 0.15) is 16.9 Å². The van der Waals surface area contributed by atoms with E-state index < -0.39 is 23.3 Å². The van der Waals surface area contributed by atoms with Crippen molar-refractivity contribution < 1.29 is 23.9 Å². The van der Waals surface area contributed by atoms with Gasteiger partial charge in [-0.25, -0.2) is 9.69 Å². The molecule has 2 saturated heterocycles. The number of likely N-dealkylation sites (tertiary alicyclic amines) is 1. The predicted octanol–water partition coefficient (Wildman–Crippen LogP) is 2.80. The van der Waals surface area contributed by atoms with E-state index in [1.807, 2.05) is 22.8 Å². The molecule has 0 saturated carbocycles. The highest BCUT2D eigenvalue weighted by atomic mass is 16.5. The first kappa shape index (κ1) is 26.8. The van der Waals surface area contributed by atoms with Crippen molar-refractivity contribution in [3.63, 3.8) is 0 Å². The van der Waals surface area contributed by atoms with Crippen LogP contribution in [0.1, 0.15) is 23.6 Å². The summed E-state index contributed by atoms with van der Waals surface area (Å²) in [5.41, 5.74) is 0.537. The van der Waals surface area contributed by atoms with Crippen molar-refractivity contribution in [2.24, 2.45) is 11.3 Å². The minimum absolute atomic E-state index is 0.00268. The maximum absolute atomic E-state index is 14.4. The summed E-state index contributed by atoms with van der Waals surface area (Å²) < 4.78 is 12.4. The second-order valence-electron chi connectivity index (χ2n) is 11.1. The standard InChI is InChI=1S/C31H32N4O6/c1-40-24-10-6-20(7-11-24)15-31(19-33-16-21-14-22(18-33)26-4-3-5-27(36)34(26)17-21)28(37)32-30(39)35(29(31)38)23-8-12-25(41-2)13-9-23/h3-13,21-22H,14-19H2,1-2H3,(H,32,37,39)/t21-,22-,31+/m1/s1. The van der Waals surface area contributed by atoms with Gasteiger partial charge in [-0.15, -0.1) is 0 Å². The molecular formula is C31H32N4O6. The Kier molecular flexibility index (Phi) is 6.86. The number of nitrogens with zero attached hydrogens (tertiary/aromatic N) is 3. The highest BCUT2D eigenvalue weighted by molar-refractivity contribution is 6.30. The minimum atomic E-state index is -1.57. The van der Waals surface area contributed by atoms with Crippen LogP contribution >= 0.6 is 0 Å². The van der Waals surface area contributed by atoms with Crippen LogP contribution in [0, 0.1) is 11.3 Å². The second kappa shape index (κ2) is 10.5. The van der Waals surface area contributed by atoms with Crippen molar-refractivity contribution in [1.82, 2.24) is 14.8 Å². The van der Waals surface area contributed by atoms with Crippen LogP contribution in [0.15, 0.2) is 71.5 Å². The summed E-state index contributed by atoms with van der Waals surface area (Å²) in [7, 11) is 3.11. The first-order chi connectivity index (χ1) is 19.8. The number of carbonyl (C=O) groups is 3. The molecule has 2 bridgehead atoms. The van der Waals surface area contributed by atoms with Gasteiger partial charge in [0.2, 0.25) is 5.91 Å². The highest BCUT2D eigenvalue weighted by Crippen LogP contribution is 2.39. The first-order valence-electron chi connectivity index (χ1n) is 13.7. The van der Waals surface area contributed by atoms with E-state index in [4.69, 9.17) is 9.47 Å². The smallest absolute Gasteiger partial charge is 0.335 e. The fraction of sp³-hybridized carbons (Fsp3) is 0.355. The molecule has 0 radical (unpaired) electrons. The lowest BCUT2D eigenvalue weighted by Crippen LogP contribution is -2.68. The van der Waals surface area contributed by atoms with Crippen molar-refractivity contribution in [2.45, 2.75) is 25.3 Å². The van der Waals surface area contributed by atoms with Gasteiger partial charge in [-0.1, -0.05) is 18.2 Å². The van der Waals surface area contributed by atoms with Gasteiger partial charge in [-0.05, 0) is 66.8 Å². The Balaban J connectivity index is 1.37. The third kappa shape index (κ3) is 4.78. The van der Waals surface area contributed by atoms with Crippen molar-refractivity contribution in [1.29, 1.82) is 0 Å². The van der Waals surface area contributed by atoms with E-state index in [1.54, 1.807) is 55.6 Å². The van der Waals surface area contributed by atoms with E-state index in [9.17, 15) is 19.2 Å². The van der Waals surface area contributed by atoms with Crippen molar-refractivity contribution in [2.75, 3.05) is 38.8 Å². The molecule has 41 heavy (non-hydrogen) atoms. The number of hydrogen-bond acceptors (Lipinski definition) is 7. The van der Waals surface area contributed by atoms with E-state index in [1.165, 1.54) is 7.11 Å². The lowest BCUT2D eigenvalue weighted by atomic mass is 9.75. The maximum Gasteiger partial charge on any atom is 0.335 e. The highest BCUT2D eigenvalue weighted by Gasteiger charge is 2.55. The lowest BCUT2D eigenvalue weighted by molar-refractivity contribution is -0.144. The Hall–Kier alpha value is -4.44. The molecule has 1 aromatic heterocycles. The van der Waals surface area contributed by atoms with E-state index in [2.05, 4.69) is 10.2 Å². The Morgan fingerprint density at radius 2 is 1.54 bits per heavy atom. The predicted molar refractivity (Wildman–Crippen MR) is 151 cm³/mol. The van der Waals surface area contributed by atoms with Crippen molar-refractivity contribution in [3.8, 4) is 11.5 Å². The van der Waals surface area contributed by atoms with E-state index in [0.29, 0.717) is 36.8 Å². The number of carbonyl (C=O) groups excluding carboxylic acids is 3. The molecule has 3 aliphatic rings. The molecule has 3 aromatic rings. The third-order valence-electron chi connectivity index (χ3n) is 8.52. The molecule has 10 heteroatoms. The molecular weight excluding hydrogens is 524 g/mol. The average molecular weight is 557 g/mol. The molecule has 2 fully saturated rings. The van der Waals surface area contributed by atoms with Crippen LogP contribution < -0.4 is 25.2 Å². The Morgan fingerprint density at radius 1 is 0.854 bits per heavy atom. The lowest BCUT2D eigenvalue weighted by Gasteiger charge is -2.47. The molecule has 3 aliphatic heterocycles. The molecule has 10 nitrogen and oxygen atoms in total. The molecule has 1 N–H and O–H groups in total. The summed E-state index contributed by atoms with van der Waals surface area (Å²) in [5, 5.41) is 2.48. The van der Waals surface area contributed by atoms with E-state index in [0.717, 1.165) is 22.6 Å². The molecule has 0 aliphatic carbocycles. The topological polar surface area (TPSA) is 110 Å². The average Bonchev–Trinajstić information content (AvgIpc) is 2.97. The molecule has 4 amide bonds. The molecule has 6 rings (SSSR count). The summed E-state index contributed by atoms with van der Waals surface area (Å²) in [6, 6.07) is 18.4. The number of fused-ring (bicyclic) bond motifs is 4. The molecule has 0 spiro atoms. The van der Waals surface area contributed by atoms with Gasteiger partial charge < -0.3 is 18.9 Å². The largest absolute Gasteiger partial charge is 0.497 e. The van der Waals surface area contributed by atoms with Gasteiger partial charge in [0.15, 0.2) is 0 Å². The molecule has 3 atom stereocenters. The summed E-state index contributed by atoms with van der Waals surface area (Å²) in [6.07, 6.45) is 1.05. The van der Waals surface area contributed by atoms with Crippen LogP contribution in [0.4, 0.5) is 10.5 Å². The number of anilines is 1. The van der Waals surface area contributed by atoms with Crippen molar-refractivity contribution >= 4 is 23.5 Å². The van der Waals surface area contributed by atoms with E-state index >= 15 is 0 Å². The summed E-state index contributed by atoms with van der Waals surface area (Å²) in [6.45, 7) is 1.97. The quantitative estimate of drug-likeness (QED) is 0.446. The van der Waals surface area contributed by atoms with Crippen LogP contribution in [0.5, 0.6) is 11.5 Å². The fourth-order valence-corrected chi connectivity index (χ4v) is 6.59. The van der Waals surface area contributed by atoms with Gasteiger partial charge in [0.25, 0.3) is 11.5 Å². The number of pyridine rings is 1. The Morgan fingerprint density at radius 3 is 2.22 bits per heavy atom. The van der Waals surface area contributed by atoms with Gasteiger partial charge in [0.05, 0.1) is 19.9 Å². The molecule has 0 unspecified atom stereocenters. The number of amides is 4. The summed E-state index contributed by atoms with van der Waals surface area (Å²) >= 11 is 0. The Bertz CT molecular complexity index is 1550. The zero-order valence-electron chi connectivity index (χ0n) is 23.0. The molecule has 2 aromatic carbocycles. The monoisotopic (exact) mass is 556 g/mol. The number of ether oxygens (including phenoxy) is 2. The van der Waals surface area contributed by atoms with Crippen LogP contribution in [0.2, 0.25) is 0 Å². The van der Waals surface area contributed by atoms with Crippen LogP contribution in [0.25, 0.3) is 0 Å². The molecule has 212 valence electrons. The van der Waals surface area contributed by atoms with E-state index in [-0.39, 0.29) is 30.4 Å². The van der Waals surface area contributed by atoms with Crippen molar-refractivity contribution in [3.05, 3.63) is 88.3 Å². The number of barbiturate groups is 1. The first-order valence-corrected chi connectivity index (χ1v) is 13.7. The minimum Gasteiger partial charge on any atom is -0.497 e. The number of rotatable bonds is 7.